The third-order valence-corrected chi connectivity index (χ3v) is 4.57. The maximum absolute atomic E-state index is 13.0. The van der Waals surface area contributed by atoms with Crippen molar-refractivity contribution in [2.24, 2.45) is 5.92 Å². The van der Waals surface area contributed by atoms with Crippen LogP contribution in [0.15, 0.2) is 24.3 Å². The van der Waals surface area contributed by atoms with E-state index in [1.807, 2.05) is 36.1 Å². The molecule has 0 bridgehead atoms. The number of hydrogen-bond acceptors (Lipinski definition) is 3. The Morgan fingerprint density at radius 1 is 1.29 bits per heavy atom. The summed E-state index contributed by atoms with van der Waals surface area (Å²) in [7, 11) is 0. The molecule has 0 aliphatic carbocycles. The smallest absolute Gasteiger partial charge is 0.324 e. The molecule has 24 heavy (non-hydrogen) atoms. The third-order valence-electron chi connectivity index (χ3n) is 4.57. The van der Waals surface area contributed by atoms with Crippen molar-refractivity contribution in [1.82, 2.24) is 10.2 Å². The molecule has 1 saturated heterocycles. The number of urea groups is 1. The molecule has 2 heterocycles. The second-order valence-corrected chi connectivity index (χ2v) is 6.33. The fourth-order valence-electron chi connectivity index (χ4n) is 3.30. The molecule has 6 nitrogen and oxygen atoms in total. The molecule has 3 rings (SSSR count). The van der Waals surface area contributed by atoms with Gasteiger partial charge < -0.3 is 15.0 Å². The summed E-state index contributed by atoms with van der Waals surface area (Å²) in [6.07, 6.45) is 2.63. The molecular formula is C18H25N3O3. The van der Waals surface area contributed by atoms with E-state index in [0.717, 1.165) is 30.7 Å². The number of nitrogens with zero attached hydrogens (tertiary/aromatic N) is 2. The normalized spacial score (nSPS) is 20.1. The van der Waals surface area contributed by atoms with Gasteiger partial charge in [-0.3, -0.25) is 9.69 Å². The lowest BCUT2D eigenvalue weighted by Crippen LogP contribution is -2.52. The lowest BCUT2D eigenvalue weighted by atomic mass is 9.97. The first kappa shape index (κ1) is 16.6. The summed E-state index contributed by atoms with van der Waals surface area (Å²) >= 11 is 0. The SMILES string of the molecule is CCCNC(=O)C1CCCN(C(=O)N2CCOc3ccccc32)C1. The van der Waals surface area contributed by atoms with Gasteiger partial charge in [-0.05, 0) is 31.4 Å². The molecule has 1 unspecified atom stereocenters. The molecule has 2 aliphatic rings. The van der Waals surface area contributed by atoms with Crippen molar-refractivity contribution in [3.63, 3.8) is 0 Å². The minimum atomic E-state index is -0.106. The first-order chi connectivity index (χ1) is 11.7. The van der Waals surface area contributed by atoms with Gasteiger partial charge in [-0.1, -0.05) is 19.1 Å². The van der Waals surface area contributed by atoms with E-state index in [0.29, 0.717) is 32.8 Å². The molecule has 130 valence electrons. The Bertz CT molecular complexity index is 605. The van der Waals surface area contributed by atoms with E-state index in [1.54, 1.807) is 4.90 Å². The fraction of sp³-hybridized carbons (Fsp3) is 0.556. The van der Waals surface area contributed by atoms with Crippen molar-refractivity contribution in [2.75, 3.05) is 37.7 Å². The van der Waals surface area contributed by atoms with E-state index in [4.69, 9.17) is 4.74 Å². The predicted octanol–water partition coefficient (Wildman–Crippen LogP) is 2.24. The molecule has 3 amide bonds. The van der Waals surface area contributed by atoms with Crippen LogP contribution in [0.2, 0.25) is 0 Å². The van der Waals surface area contributed by atoms with Gasteiger partial charge in [0.05, 0.1) is 18.2 Å². The van der Waals surface area contributed by atoms with Gasteiger partial charge in [0.1, 0.15) is 12.4 Å². The van der Waals surface area contributed by atoms with Gasteiger partial charge in [0.25, 0.3) is 0 Å². The molecule has 2 aliphatic heterocycles. The summed E-state index contributed by atoms with van der Waals surface area (Å²) in [5, 5.41) is 2.95. The van der Waals surface area contributed by atoms with E-state index >= 15 is 0 Å². The van der Waals surface area contributed by atoms with E-state index in [9.17, 15) is 9.59 Å². The monoisotopic (exact) mass is 331 g/mol. The minimum Gasteiger partial charge on any atom is -0.490 e. The van der Waals surface area contributed by atoms with Crippen molar-refractivity contribution in [2.45, 2.75) is 26.2 Å². The van der Waals surface area contributed by atoms with Crippen molar-refractivity contribution in [1.29, 1.82) is 0 Å². The summed E-state index contributed by atoms with van der Waals surface area (Å²) in [6, 6.07) is 7.57. The van der Waals surface area contributed by atoms with Crippen LogP contribution in [-0.2, 0) is 4.79 Å². The largest absolute Gasteiger partial charge is 0.490 e. The van der Waals surface area contributed by atoms with Gasteiger partial charge in [0.2, 0.25) is 5.91 Å². The number of anilines is 1. The molecule has 1 fully saturated rings. The Labute approximate surface area is 142 Å². The Morgan fingerprint density at radius 3 is 2.96 bits per heavy atom. The Hall–Kier alpha value is -2.24. The summed E-state index contributed by atoms with van der Waals surface area (Å²) in [5.74, 6) is 0.702. The number of piperidine rings is 1. The maximum atomic E-state index is 13.0. The number of ether oxygens (including phenoxy) is 1. The zero-order valence-corrected chi connectivity index (χ0v) is 14.2. The fourth-order valence-corrected chi connectivity index (χ4v) is 3.30. The van der Waals surface area contributed by atoms with Crippen LogP contribution < -0.4 is 15.0 Å². The Morgan fingerprint density at radius 2 is 2.12 bits per heavy atom. The van der Waals surface area contributed by atoms with E-state index in [2.05, 4.69) is 5.32 Å². The highest BCUT2D eigenvalue weighted by Crippen LogP contribution is 2.32. The quantitative estimate of drug-likeness (QED) is 0.924. The van der Waals surface area contributed by atoms with E-state index in [1.165, 1.54) is 0 Å². The highest BCUT2D eigenvalue weighted by molar-refractivity contribution is 5.94. The van der Waals surface area contributed by atoms with Gasteiger partial charge in [0.15, 0.2) is 0 Å². The lowest BCUT2D eigenvalue weighted by molar-refractivity contribution is -0.126. The van der Waals surface area contributed by atoms with E-state index < -0.39 is 0 Å². The molecule has 0 saturated carbocycles. The summed E-state index contributed by atoms with van der Waals surface area (Å²) in [6.45, 7) is 4.97. The van der Waals surface area contributed by atoms with E-state index in [-0.39, 0.29) is 17.9 Å². The summed E-state index contributed by atoms with van der Waals surface area (Å²) in [4.78, 5) is 28.8. The second kappa shape index (κ2) is 7.55. The topological polar surface area (TPSA) is 61.9 Å². The Kier molecular flexibility index (Phi) is 5.23. The number of hydrogen-bond donors (Lipinski definition) is 1. The van der Waals surface area contributed by atoms with Crippen LogP contribution >= 0.6 is 0 Å². The van der Waals surface area contributed by atoms with Crippen LogP contribution in [0, 0.1) is 5.92 Å². The van der Waals surface area contributed by atoms with Gasteiger partial charge in [-0.2, -0.15) is 0 Å². The number of rotatable bonds is 3. The number of carbonyl (C=O) groups excluding carboxylic acids is 2. The molecule has 0 spiro atoms. The molecule has 0 aromatic heterocycles. The summed E-state index contributed by atoms with van der Waals surface area (Å²) < 4.78 is 5.62. The van der Waals surface area contributed by atoms with Crippen LogP contribution in [0.4, 0.5) is 10.5 Å². The van der Waals surface area contributed by atoms with Crippen molar-refractivity contribution in [3.8, 4) is 5.75 Å². The highest BCUT2D eigenvalue weighted by atomic mass is 16.5. The average Bonchev–Trinajstić information content (AvgIpc) is 2.65. The Balaban J connectivity index is 1.68. The van der Waals surface area contributed by atoms with Crippen LogP contribution in [0.1, 0.15) is 26.2 Å². The number of amides is 3. The highest BCUT2D eigenvalue weighted by Gasteiger charge is 2.32. The van der Waals surface area contributed by atoms with Gasteiger partial charge in [-0.15, -0.1) is 0 Å². The first-order valence-corrected chi connectivity index (χ1v) is 8.76. The van der Waals surface area contributed by atoms with Crippen molar-refractivity contribution < 1.29 is 14.3 Å². The first-order valence-electron chi connectivity index (χ1n) is 8.76. The number of carbonyl (C=O) groups is 2. The number of benzene rings is 1. The molecule has 6 heteroatoms. The maximum Gasteiger partial charge on any atom is 0.324 e. The number of nitrogens with one attached hydrogen (secondary N) is 1. The van der Waals surface area contributed by atoms with Gasteiger partial charge in [-0.25, -0.2) is 4.79 Å². The minimum absolute atomic E-state index is 0.0289. The number of para-hydroxylation sites is 2. The molecule has 1 N–H and O–H groups in total. The molecule has 1 atom stereocenters. The van der Waals surface area contributed by atoms with Crippen LogP contribution in [0.5, 0.6) is 5.75 Å². The van der Waals surface area contributed by atoms with Crippen LogP contribution in [0.25, 0.3) is 0 Å². The average molecular weight is 331 g/mol. The molecule has 1 aromatic carbocycles. The third kappa shape index (κ3) is 3.47. The van der Waals surface area contributed by atoms with Crippen molar-refractivity contribution >= 4 is 17.6 Å². The predicted molar refractivity (Wildman–Crippen MR) is 92.3 cm³/mol. The van der Waals surface area contributed by atoms with Crippen LogP contribution in [-0.4, -0.2) is 49.6 Å². The van der Waals surface area contributed by atoms with Crippen LogP contribution in [0.3, 0.4) is 0 Å². The zero-order valence-electron chi connectivity index (χ0n) is 14.2. The second-order valence-electron chi connectivity index (χ2n) is 6.33. The van der Waals surface area contributed by atoms with Gasteiger partial charge >= 0.3 is 6.03 Å². The van der Waals surface area contributed by atoms with Gasteiger partial charge in [0, 0.05) is 19.6 Å². The lowest BCUT2D eigenvalue weighted by Gasteiger charge is -2.37. The standard InChI is InChI=1S/C18H25N3O3/c1-2-9-19-17(22)14-6-5-10-20(13-14)18(23)21-11-12-24-16-8-4-3-7-15(16)21/h3-4,7-8,14H,2,5-6,9-13H2,1H3,(H,19,22). The number of fused-ring (bicyclic) bond motifs is 1. The molecule has 0 radical (unpaired) electrons. The van der Waals surface area contributed by atoms with Crippen molar-refractivity contribution in [3.05, 3.63) is 24.3 Å². The molecule has 1 aromatic rings. The molecular weight excluding hydrogens is 306 g/mol. The zero-order chi connectivity index (χ0) is 16.9. The summed E-state index contributed by atoms with van der Waals surface area (Å²) in [5.41, 5.74) is 0.811. The number of likely N-dealkylation sites (tertiary alicyclic amines) is 1.